The largest absolute Gasteiger partial charge is 0.388 e. The number of hydrogen-bond acceptors (Lipinski definition) is 6. The summed E-state index contributed by atoms with van der Waals surface area (Å²) < 4.78 is 1.63. The number of nitrogens with zero attached hydrogens (tertiary/aromatic N) is 5. The van der Waals surface area contributed by atoms with Crippen molar-refractivity contribution in [2.45, 2.75) is 32.3 Å². The lowest BCUT2D eigenvalue weighted by atomic mass is 9.98. The van der Waals surface area contributed by atoms with E-state index in [1.165, 1.54) is 0 Å². The summed E-state index contributed by atoms with van der Waals surface area (Å²) in [5.74, 6) is 0.704. The van der Waals surface area contributed by atoms with Crippen LogP contribution in [-0.4, -0.2) is 41.8 Å². The van der Waals surface area contributed by atoms with E-state index in [4.69, 9.17) is 11.6 Å². The van der Waals surface area contributed by atoms with Crippen LogP contribution in [0.25, 0.3) is 5.95 Å². The summed E-state index contributed by atoms with van der Waals surface area (Å²) in [5, 5.41) is 13.3. The number of anilines is 1. The van der Waals surface area contributed by atoms with Gasteiger partial charge in [-0.15, -0.1) is 0 Å². The fraction of sp³-hybridized carbons (Fsp3) is 0.500. The van der Waals surface area contributed by atoms with Crippen LogP contribution in [0.4, 0.5) is 5.95 Å². The highest BCUT2D eigenvalue weighted by Gasteiger charge is 2.22. The van der Waals surface area contributed by atoms with Gasteiger partial charge in [-0.25, -0.2) is 4.98 Å². The SMILES string of the molecule is CCC(O)(CC)CNc1nc(Cl)nc(-n2ccnc2)n1. The van der Waals surface area contributed by atoms with Crippen molar-refractivity contribution in [1.82, 2.24) is 24.5 Å². The third-order valence-corrected chi connectivity index (χ3v) is 3.39. The summed E-state index contributed by atoms with van der Waals surface area (Å²) in [6.45, 7) is 4.22. The van der Waals surface area contributed by atoms with Crippen molar-refractivity contribution in [2.24, 2.45) is 0 Å². The van der Waals surface area contributed by atoms with Crippen molar-refractivity contribution in [1.29, 1.82) is 0 Å². The van der Waals surface area contributed by atoms with Gasteiger partial charge in [0.25, 0.3) is 0 Å². The number of halogens is 1. The third-order valence-electron chi connectivity index (χ3n) is 3.22. The van der Waals surface area contributed by atoms with E-state index in [2.05, 4.69) is 25.3 Å². The molecule has 0 fully saturated rings. The van der Waals surface area contributed by atoms with Crippen LogP contribution in [0.2, 0.25) is 5.28 Å². The van der Waals surface area contributed by atoms with Crippen LogP contribution in [0.3, 0.4) is 0 Å². The molecule has 0 aliphatic heterocycles. The van der Waals surface area contributed by atoms with Gasteiger partial charge < -0.3 is 10.4 Å². The minimum atomic E-state index is -0.783. The van der Waals surface area contributed by atoms with Gasteiger partial charge in [0.2, 0.25) is 17.2 Å². The second-order valence-electron chi connectivity index (χ2n) is 4.48. The van der Waals surface area contributed by atoms with E-state index < -0.39 is 5.60 Å². The Labute approximate surface area is 122 Å². The quantitative estimate of drug-likeness (QED) is 0.843. The maximum Gasteiger partial charge on any atom is 0.241 e. The lowest BCUT2D eigenvalue weighted by Gasteiger charge is -2.25. The van der Waals surface area contributed by atoms with Crippen LogP contribution in [0.15, 0.2) is 18.7 Å². The Morgan fingerprint density at radius 2 is 2.05 bits per heavy atom. The fourth-order valence-corrected chi connectivity index (χ4v) is 1.81. The van der Waals surface area contributed by atoms with Crippen LogP contribution in [0.5, 0.6) is 0 Å². The Kier molecular flexibility index (Phi) is 4.51. The van der Waals surface area contributed by atoms with Crippen LogP contribution in [0.1, 0.15) is 26.7 Å². The average molecular weight is 297 g/mol. The van der Waals surface area contributed by atoms with E-state index in [0.717, 1.165) is 0 Å². The summed E-state index contributed by atoms with van der Waals surface area (Å²) in [7, 11) is 0. The highest BCUT2D eigenvalue weighted by molar-refractivity contribution is 6.28. The smallest absolute Gasteiger partial charge is 0.241 e. The minimum absolute atomic E-state index is 0.0859. The summed E-state index contributed by atoms with van der Waals surface area (Å²) in [6, 6.07) is 0. The van der Waals surface area contributed by atoms with Gasteiger partial charge in [-0.1, -0.05) is 13.8 Å². The van der Waals surface area contributed by atoms with Gasteiger partial charge >= 0.3 is 0 Å². The Balaban J connectivity index is 2.17. The molecule has 0 unspecified atom stereocenters. The maximum absolute atomic E-state index is 10.2. The summed E-state index contributed by atoms with van der Waals surface area (Å²) in [4.78, 5) is 16.2. The molecular formula is C12H17ClN6O. The molecule has 0 amide bonds. The lowest BCUT2D eigenvalue weighted by molar-refractivity contribution is 0.0455. The number of hydrogen-bond donors (Lipinski definition) is 2. The first kappa shape index (κ1) is 14.7. The summed E-state index contributed by atoms with van der Waals surface area (Å²) in [6.07, 6.45) is 6.19. The molecule has 20 heavy (non-hydrogen) atoms. The number of aromatic nitrogens is 5. The zero-order valence-corrected chi connectivity index (χ0v) is 12.2. The Hall–Kier alpha value is -1.73. The zero-order valence-electron chi connectivity index (χ0n) is 11.4. The molecule has 2 aromatic rings. The first-order valence-corrected chi connectivity index (χ1v) is 6.80. The molecule has 108 valence electrons. The van der Waals surface area contributed by atoms with Gasteiger partial charge in [0.05, 0.1) is 5.60 Å². The van der Waals surface area contributed by atoms with Gasteiger partial charge in [-0.05, 0) is 24.4 Å². The molecule has 0 saturated carbocycles. The standard InChI is InChI=1S/C12H17ClN6O/c1-3-12(20,4-2)7-15-10-16-9(13)17-11(18-10)19-6-5-14-8-19/h5-6,8,20H,3-4,7H2,1-2H3,(H,15,16,17,18). The second-order valence-corrected chi connectivity index (χ2v) is 4.82. The van der Waals surface area contributed by atoms with E-state index in [0.29, 0.717) is 31.3 Å². The molecule has 0 atom stereocenters. The van der Waals surface area contributed by atoms with E-state index in [-0.39, 0.29) is 5.28 Å². The van der Waals surface area contributed by atoms with Crippen molar-refractivity contribution in [3.8, 4) is 5.95 Å². The maximum atomic E-state index is 10.2. The summed E-state index contributed by atoms with van der Waals surface area (Å²) >= 11 is 5.89. The van der Waals surface area contributed by atoms with Gasteiger partial charge in [-0.2, -0.15) is 15.0 Å². The van der Waals surface area contributed by atoms with Gasteiger partial charge in [0.15, 0.2) is 0 Å². The predicted molar refractivity (Wildman–Crippen MR) is 76.0 cm³/mol. The van der Waals surface area contributed by atoms with E-state index >= 15 is 0 Å². The first-order valence-electron chi connectivity index (χ1n) is 6.42. The molecule has 0 aliphatic rings. The third kappa shape index (κ3) is 3.43. The lowest BCUT2D eigenvalue weighted by Crippen LogP contribution is -2.35. The predicted octanol–water partition coefficient (Wildman–Crippen LogP) is 1.67. The van der Waals surface area contributed by atoms with Crippen LogP contribution >= 0.6 is 11.6 Å². The molecule has 2 aromatic heterocycles. The van der Waals surface area contributed by atoms with Crippen LogP contribution < -0.4 is 5.32 Å². The molecule has 2 heterocycles. The highest BCUT2D eigenvalue weighted by Crippen LogP contribution is 2.16. The topological polar surface area (TPSA) is 88.8 Å². The van der Waals surface area contributed by atoms with Crippen LogP contribution in [-0.2, 0) is 0 Å². The van der Waals surface area contributed by atoms with Crippen molar-refractivity contribution in [3.05, 3.63) is 24.0 Å². The molecule has 2 N–H and O–H groups in total. The molecule has 8 heteroatoms. The minimum Gasteiger partial charge on any atom is -0.388 e. The molecular weight excluding hydrogens is 280 g/mol. The van der Waals surface area contributed by atoms with E-state index in [1.54, 1.807) is 23.3 Å². The Morgan fingerprint density at radius 3 is 2.65 bits per heavy atom. The highest BCUT2D eigenvalue weighted by atomic mass is 35.5. The summed E-state index contributed by atoms with van der Waals surface area (Å²) in [5.41, 5.74) is -0.783. The molecule has 0 aromatic carbocycles. The number of imidazole rings is 1. The van der Waals surface area contributed by atoms with Gasteiger partial charge in [0.1, 0.15) is 6.33 Å². The Bertz CT molecular complexity index is 555. The number of rotatable bonds is 6. The van der Waals surface area contributed by atoms with E-state index in [1.807, 2.05) is 13.8 Å². The number of nitrogens with one attached hydrogen (secondary N) is 1. The van der Waals surface area contributed by atoms with Crippen molar-refractivity contribution in [2.75, 3.05) is 11.9 Å². The molecule has 7 nitrogen and oxygen atoms in total. The molecule has 2 rings (SSSR count). The fourth-order valence-electron chi connectivity index (χ4n) is 1.66. The Morgan fingerprint density at radius 1 is 1.30 bits per heavy atom. The molecule has 0 bridgehead atoms. The number of aliphatic hydroxyl groups is 1. The van der Waals surface area contributed by atoms with Crippen molar-refractivity contribution in [3.63, 3.8) is 0 Å². The second kappa shape index (κ2) is 6.15. The van der Waals surface area contributed by atoms with Crippen LogP contribution in [0, 0.1) is 0 Å². The first-order chi connectivity index (χ1) is 9.56. The molecule has 0 spiro atoms. The average Bonchev–Trinajstić information content (AvgIpc) is 2.98. The monoisotopic (exact) mass is 296 g/mol. The van der Waals surface area contributed by atoms with E-state index in [9.17, 15) is 5.11 Å². The molecule has 0 radical (unpaired) electrons. The normalized spacial score (nSPS) is 11.6. The van der Waals surface area contributed by atoms with Crippen molar-refractivity contribution < 1.29 is 5.11 Å². The van der Waals surface area contributed by atoms with Gasteiger partial charge in [0, 0.05) is 18.9 Å². The zero-order chi connectivity index (χ0) is 14.6. The van der Waals surface area contributed by atoms with Crippen molar-refractivity contribution >= 4 is 17.5 Å². The molecule has 0 aliphatic carbocycles. The molecule has 0 saturated heterocycles. The van der Waals surface area contributed by atoms with Gasteiger partial charge in [-0.3, -0.25) is 4.57 Å².